The number of hydrogen-bond acceptors (Lipinski definition) is 5. The van der Waals surface area contributed by atoms with Gasteiger partial charge in [-0.05, 0) is 51.9 Å². The first kappa shape index (κ1) is 26.1. The fourth-order valence-electron chi connectivity index (χ4n) is 4.18. The molecule has 1 unspecified atom stereocenters. The second kappa shape index (κ2) is 11.5. The van der Waals surface area contributed by atoms with Gasteiger partial charge in [0.2, 0.25) is 5.91 Å². The molecule has 7 nitrogen and oxygen atoms in total. The normalized spacial score (nSPS) is 22.3. The van der Waals surface area contributed by atoms with Crippen LogP contribution in [0.2, 0.25) is 0 Å². The number of carboxylic acid groups (broad SMARTS) is 1. The molecule has 1 heterocycles. The van der Waals surface area contributed by atoms with Crippen LogP contribution in [0.3, 0.4) is 0 Å². The summed E-state index contributed by atoms with van der Waals surface area (Å²) in [6, 6.07) is -1.07. The summed E-state index contributed by atoms with van der Waals surface area (Å²) in [5.41, 5.74) is -0.670. The maximum Gasteiger partial charge on any atom is 0.326 e. The molecule has 2 N–H and O–H groups in total. The number of carbonyl (C=O) groups is 3. The van der Waals surface area contributed by atoms with Crippen LogP contribution in [0, 0.1) is 17.8 Å². The van der Waals surface area contributed by atoms with Gasteiger partial charge in [-0.3, -0.25) is 9.59 Å². The largest absolute Gasteiger partial charge is 0.480 e. The Hall–Kier alpha value is -1.89. The van der Waals surface area contributed by atoms with Gasteiger partial charge in [-0.1, -0.05) is 26.3 Å². The molecular weight excluding hydrogens is 386 g/mol. The lowest BCUT2D eigenvalue weighted by atomic mass is 9.79. The van der Waals surface area contributed by atoms with E-state index in [1.54, 1.807) is 20.8 Å². The van der Waals surface area contributed by atoms with Gasteiger partial charge in [0.05, 0.1) is 18.4 Å². The molecule has 0 bridgehead atoms. The van der Waals surface area contributed by atoms with Crippen molar-refractivity contribution in [2.24, 2.45) is 17.8 Å². The number of β-amino-alcohol motifs (C(OH)–C–C–N with tert-alkyl or cyclic N) is 1. The number of esters is 1. The predicted octanol–water partition coefficient (Wildman–Crippen LogP) is 3.40. The fourth-order valence-corrected chi connectivity index (χ4v) is 4.18. The van der Waals surface area contributed by atoms with E-state index < -0.39 is 35.6 Å². The van der Waals surface area contributed by atoms with Crippen LogP contribution in [0.4, 0.5) is 0 Å². The van der Waals surface area contributed by atoms with Gasteiger partial charge < -0.3 is 19.8 Å². The van der Waals surface area contributed by atoms with E-state index in [9.17, 15) is 24.6 Å². The Morgan fingerprint density at radius 2 is 1.93 bits per heavy atom. The summed E-state index contributed by atoms with van der Waals surface area (Å²) in [5.74, 6) is -2.41. The minimum absolute atomic E-state index is 0.00671. The first-order chi connectivity index (χ1) is 13.9. The number of aliphatic carboxylic acids is 1. The molecule has 5 atom stereocenters. The summed E-state index contributed by atoms with van der Waals surface area (Å²) in [4.78, 5) is 38.9. The van der Waals surface area contributed by atoms with Crippen molar-refractivity contribution in [2.45, 2.75) is 90.9 Å². The molecule has 1 fully saturated rings. The van der Waals surface area contributed by atoms with Crippen molar-refractivity contribution in [3.63, 3.8) is 0 Å². The minimum atomic E-state index is -1.14. The number of aliphatic hydroxyl groups excluding tert-OH is 1. The highest BCUT2D eigenvalue weighted by atomic mass is 16.6. The highest BCUT2D eigenvalue weighted by Crippen LogP contribution is 2.33. The molecule has 1 amide bonds. The lowest BCUT2D eigenvalue weighted by molar-refractivity contribution is -0.160. The first-order valence-electron chi connectivity index (χ1n) is 10.9. The van der Waals surface area contributed by atoms with Crippen LogP contribution in [0.15, 0.2) is 12.7 Å². The number of nitrogens with zero attached hydrogens (tertiary/aromatic N) is 1. The van der Waals surface area contributed by atoms with Crippen molar-refractivity contribution in [3.05, 3.63) is 12.7 Å². The molecule has 7 heteroatoms. The molecule has 0 aromatic rings. The zero-order valence-corrected chi connectivity index (χ0v) is 19.1. The fraction of sp³-hybridized carbons (Fsp3) is 0.783. The number of hydrogen-bond donors (Lipinski definition) is 2. The van der Waals surface area contributed by atoms with E-state index in [4.69, 9.17) is 4.74 Å². The van der Waals surface area contributed by atoms with Gasteiger partial charge in [0.25, 0.3) is 0 Å². The lowest BCUT2D eigenvalue weighted by Crippen LogP contribution is -2.46. The monoisotopic (exact) mass is 425 g/mol. The summed E-state index contributed by atoms with van der Waals surface area (Å²) >= 11 is 0. The predicted molar refractivity (Wildman–Crippen MR) is 115 cm³/mol. The number of aliphatic hydroxyl groups is 1. The van der Waals surface area contributed by atoms with Crippen LogP contribution in [0.25, 0.3) is 0 Å². The molecule has 1 rings (SSSR count). The van der Waals surface area contributed by atoms with E-state index in [-0.39, 0.29) is 31.2 Å². The third kappa shape index (κ3) is 8.09. The number of rotatable bonds is 11. The Balaban J connectivity index is 3.11. The number of ether oxygens (including phenoxy) is 1. The Kier molecular flexibility index (Phi) is 10.0. The molecule has 1 aliphatic heterocycles. The zero-order valence-electron chi connectivity index (χ0n) is 19.1. The third-order valence-corrected chi connectivity index (χ3v) is 5.63. The molecule has 30 heavy (non-hydrogen) atoms. The SMILES string of the molecule is C=CCCC(C)C[C@@H](CC)[C@H](CC(=O)OC(C)(C)C)C(=O)N1C[C@H](O)C[C@H]1C(=O)O. The van der Waals surface area contributed by atoms with Crippen molar-refractivity contribution < 1.29 is 29.3 Å². The van der Waals surface area contributed by atoms with Gasteiger partial charge in [-0.25, -0.2) is 4.79 Å². The maximum atomic E-state index is 13.4. The van der Waals surface area contributed by atoms with E-state index >= 15 is 0 Å². The Morgan fingerprint density at radius 1 is 1.30 bits per heavy atom. The molecular formula is C23H39NO6. The Labute approximate surface area is 180 Å². The molecule has 0 aromatic heterocycles. The average Bonchev–Trinajstić information content (AvgIpc) is 3.02. The summed E-state index contributed by atoms with van der Waals surface area (Å²) in [6.07, 6.45) is 4.15. The summed E-state index contributed by atoms with van der Waals surface area (Å²) in [5, 5.41) is 19.5. The van der Waals surface area contributed by atoms with Crippen LogP contribution < -0.4 is 0 Å². The van der Waals surface area contributed by atoms with Gasteiger partial charge >= 0.3 is 11.9 Å². The molecule has 0 spiro atoms. The number of allylic oxidation sites excluding steroid dienone is 1. The molecule has 0 radical (unpaired) electrons. The van der Waals surface area contributed by atoms with Crippen LogP contribution in [-0.2, 0) is 19.1 Å². The van der Waals surface area contributed by atoms with Crippen molar-refractivity contribution in [2.75, 3.05) is 6.54 Å². The maximum absolute atomic E-state index is 13.4. The standard InChI is InChI=1S/C23H39NO6/c1-7-9-10-15(3)11-16(8-2)18(13-20(26)30-23(4,5)6)21(27)24-14-17(25)12-19(24)22(28)29/h7,15-19,25H,1,8-14H2,2-6H3,(H,28,29)/t15?,16-,17-,18+,19+/m1/s1. The summed E-state index contributed by atoms with van der Waals surface area (Å²) < 4.78 is 5.45. The quantitative estimate of drug-likeness (QED) is 0.388. The van der Waals surface area contributed by atoms with Crippen molar-refractivity contribution in [3.8, 4) is 0 Å². The van der Waals surface area contributed by atoms with Crippen LogP contribution in [-0.4, -0.2) is 57.3 Å². The Morgan fingerprint density at radius 3 is 2.43 bits per heavy atom. The van der Waals surface area contributed by atoms with Crippen LogP contribution >= 0.6 is 0 Å². The average molecular weight is 426 g/mol. The molecule has 172 valence electrons. The number of carboxylic acids is 1. The van der Waals surface area contributed by atoms with E-state index in [1.807, 2.05) is 13.0 Å². The zero-order chi connectivity index (χ0) is 23.1. The van der Waals surface area contributed by atoms with Crippen LogP contribution in [0.1, 0.15) is 73.1 Å². The van der Waals surface area contributed by atoms with E-state index in [1.165, 1.54) is 4.90 Å². The molecule has 1 saturated heterocycles. The van der Waals surface area contributed by atoms with Gasteiger partial charge in [0, 0.05) is 13.0 Å². The van der Waals surface area contributed by atoms with Crippen molar-refractivity contribution in [1.29, 1.82) is 0 Å². The summed E-state index contributed by atoms with van der Waals surface area (Å²) in [6.45, 7) is 13.1. The van der Waals surface area contributed by atoms with E-state index in [0.29, 0.717) is 12.3 Å². The van der Waals surface area contributed by atoms with Crippen molar-refractivity contribution in [1.82, 2.24) is 4.90 Å². The first-order valence-corrected chi connectivity index (χ1v) is 10.9. The summed E-state index contributed by atoms with van der Waals surface area (Å²) in [7, 11) is 0. The minimum Gasteiger partial charge on any atom is -0.480 e. The molecule has 0 aliphatic carbocycles. The Bertz CT molecular complexity index is 611. The van der Waals surface area contributed by atoms with Crippen LogP contribution in [0.5, 0.6) is 0 Å². The smallest absolute Gasteiger partial charge is 0.326 e. The molecule has 0 saturated carbocycles. The molecule has 0 aromatic carbocycles. The van der Waals surface area contributed by atoms with Crippen molar-refractivity contribution >= 4 is 17.8 Å². The topological polar surface area (TPSA) is 104 Å². The lowest BCUT2D eigenvalue weighted by Gasteiger charge is -2.32. The number of likely N-dealkylation sites (tertiary alicyclic amines) is 1. The molecule has 1 aliphatic rings. The number of carbonyl (C=O) groups excluding carboxylic acids is 2. The highest BCUT2D eigenvalue weighted by Gasteiger charge is 2.43. The third-order valence-electron chi connectivity index (χ3n) is 5.63. The number of amides is 1. The highest BCUT2D eigenvalue weighted by molar-refractivity contribution is 5.88. The van der Waals surface area contributed by atoms with Gasteiger partial charge in [0.1, 0.15) is 11.6 Å². The second-order valence-corrected chi connectivity index (χ2v) is 9.51. The van der Waals surface area contributed by atoms with E-state index in [2.05, 4.69) is 13.5 Å². The van der Waals surface area contributed by atoms with Gasteiger partial charge in [-0.2, -0.15) is 0 Å². The van der Waals surface area contributed by atoms with Gasteiger partial charge in [0.15, 0.2) is 0 Å². The second-order valence-electron chi connectivity index (χ2n) is 9.51. The van der Waals surface area contributed by atoms with Gasteiger partial charge in [-0.15, -0.1) is 6.58 Å². The van der Waals surface area contributed by atoms with E-state index in [0.717, 1.165) is 19.3 Å².